The van der Waals surface area contributed by atoms with Crippen LogP contribution >= 0.6 is 23.2 Å². The lowest BCUT2D eigenvalue weighted by Crippen LogP contribution is -2.30. The van der Waals surface area contributed by atoms with E-state index in [1.807, 2.05) is 72.8 Å². The molecular weight excluding hydrogens is 427 g/mol. The lowest BCUT2D eigenvalue weighted by Gasteiger charge is -2.24. The van der Waals surface area contributed by atoms with E-state index in [1.54, 1.807) is 29.4 Å². The Bertz CT molecular complexity index is 1160. The molecule has 3 nitrogen and oxygen atoms in total. The lowest BCUT2D eigenvalue weighted by atomic mass is 10.0. The highest BCUT2D eigenvalue weighted by molar-refractivity contribution is 6.35. The average molecular weight is 447 g/mol. The first-order chi connectivity index (χ1) is 15.1. The molecule has 1 heterocycles. The van der Waals surface area contributed by atoms with Crippen molar-refractivity contribution in [1.82, 2.24) is 9.88 Å². The number of hydrogen-bond acceptors (Lipinski definition) is 2. The molecule has 0 bridgehead atoms. The van der Waals surface area contributed by atoms with Gasteiger partial charge in [-0.2, -0.15) is 0 Å². The molecule has 0 aliphatic heterocycles. The van der Waals surface area contributed by atoms with Crippen LogP contribution in [-0.4, -0.2) is 15.8 Å². The predicted molar refractivity (Wildman–Crippen MR) is 126 cm³/mol. The molecule has 0 aliphatic carbocycles. The van der Waals surface area contributed by atoms with Crippen molar-refractivity contribution in [1.29, 1.82) is 0 Å². The van der Waals surface area contributed by atoms with Gasteiger partial charge in [0.1, 0.15) is 0 Å². The Morgan fingerprint density at radius 1 is 0.806 bits per heavy atom. The Labute approximate surface area is 191 Å². The highest BCUT2D eigenvalue weighted by Crippen LogP contribution is 2.25. The summed E-state index contributed by atoms with van der Waals surface area (Å²) in [6, 6.07) is 26.9. The van der Waals surface area contributed by atoms with Gasteiger partial charge in [-0.1, -0.05) is 77.8 Å². The molecule has 0 unspecified atom stereocenters. The molecule has 31 heavy (non-hydrogen) atoms. The van der Waals surface area contributed by atoms with E-state index in [0.29, 0.717) is 28.7 Å². The molecule has 1 aromatic heterocycles. The van der Waals surface area contributed by atoms with Crippen molar-refractivity contribution < 1.29 is 4.79 Å². The van der Waals surface area contributed by atoms with Gasteiger partial charge in [-0.25, -0.2) is 0 Å². The summed E-state index contributed by atoms with van der Waals surface area (Å²) in [7, 11) is 0. The molecule has 0 saturated carbocycles. The second-order valence-electron chi connectivity index (χ2n) is 7.20. The van der Waals surface area contributed by atoms with Crippen LogP contribution in [-0.2, 0) is 13.1 Å². The van der Waals surface area contributed by atoms with Crippen molar-refractivity contribution in [2.45, 2.75) is 13.1 Å². The first-order valence-corrected chi connectivity index (χ1v) is 10.6. The van der Waals surface area contributed by atoms with E-state index in [9.17, 15) is 4.79 Å². The van der Waals surface area contributed by atoms with Crippen molar-refractivity contribution in [2.75, 3.05) is 0 Å². The van der Waals surface area contributed by atoms with Gasteiger partial charge in [0.25, 0.3) is 5.91 Å². The maximum absolute atomic E-state index is 13.4. The normalized spacial score (nSPS) is 10.6. The van der Waals surface area contributed by atoms with Gasteiger partial charge in [-0.15, -0.1) is 0 Å². The number of benzene rings is 3. The van der Waals surface area contributed by atoms with E-state index in [1.165, 1.54) is 0 Å². The van der Waals surface area contributed by atoms with Gasteiger partial charge in [0.2, 0.25) is 0 Å². The molecule has 0 radical (unpaired) electrons. The fraction of sp³-hybridized carbons (Fsp3) is 0.0769. The Kier molecular flexibility index (Phi) is 6.66. The fourth-order valence-corrected chi connectivity index (χ4v) is 3.85. The zero-order chi connectivity index (χ0) is 21.6. The monoisotopic (exact) mass is 446 g/mol. The summed E-state index contributed by atoms with van der Waals surface area (Å²) in [5.74, 6) is -0.0746. The first kappa shape index (κ1) is 21.1. The summed E-state index contributed by atoms with van der Waals surface area (Å²) < 4.78 is 0. The molecule has 0 spiro atoms. The van der Waals surface area contributed by atoms with E-state index in [-0.39, 0.29) is 5.91 Å². The number of amides is 1. The van der Waals surface area contributed by atoms with Crippen LogP contribution in [0.4, 0.5) is 0 Å². The summed E-state index contributed by atoms with van der Waals surface area (Å²) in [6.07, 6.45) is 3.48. The number of carbonyl (C=O) groups excluding carboxylic acids is 1. The zero-order valence-electron chi connectivity index (χ0n) is 16.7. The topological polar surface area (TPSA) is 33.2 Å². The number of pyridine rings is 1. The third kappa shape index (κ3) is 5.32. The largest absolute Gasteiger partial charge is 0.330 e. The van der Waals surface area contributed by atoms with Crippen LogP contribution < -0.4 is 0 Å². The molecule has 0 atom stereocenters. The zero-order valence-corrected chi connectivity index (χ0v) is 18.2. The van der Waals surface area contributed by atoms with Gasteiger partial charge in [-0.3, -0.25) is 9.78 Å². The molecule has 3 aromatic carbocycles. The number of halogens is 2. The van der Waals surface area contributed by atoms with Crippen LogP contribution in [0.25, 0.3) is 11.1 Å². The highest BCUT2D eigenvalue weighted by Gasteiger charge is 2.18. The predicted octanol–water partition coefficient (Wildman–Crippen LogP) is 6.90. The van der Waals surface area contributed by atoms with E-state index in [2.05, 4.69) is 4.98 Å². The molecular formula is C26H20Cl2N2O. The van der Waals surface area contributed by atoms with E-state index in [4.69, 9.17) is 23.2 Å². The van der Waals surface area contributed by atoms with E-state index >= 15 is 0 Å². The Morgan fingerprint density at radius 2 is 1.55 bits per heavy atom. The quantitative estimate of drug-likeness (QED) is 0.322. The lowest BCUT2D eigenvalue weighted by molar-refractivity contribution is 0.0730. The van der Waals surface area contributed by atoms with Crippen LogP contribution in [0.5, 0.6) is 0 Å². The van der Waals surface area contributed by atoms with Gasteiger partial charge >= 0.3 is 0 Å². The molecule has 4 rings (SSSR count). The third-order valence-electron chi connectivity index (χ3n) is 5.00. The smallest absolute Gasteiger partial charge is 0.254 e. The van der Waals surface area contributed by atoms with Gasteiger partial charge in [0.15, 0.2) is 0 Å². The van der Waals surface area contributed by atoms with Crippen LogP contribution in [0, 0.1) is 0 Å². The summed E-state index contributed by atoms with van der Waals surface area (Å²) in [5, 5.41) is 1.10. The minimum absolute atomic E-state index is 0.0746. The van der Waals surface area contributed by atoms with Crippen molar-refractivity contribution >= 4 is 29.1 Å². The third-order valence-corrected chi connectivity index (χ3v) is 5.59. The van der Waals surface area contributed by atoms with Gasteiger partial charge < -0.3 is 4.90 Å². The van der Waals surface area contributed by atoms with Crippen molar-refractivity contribution in [3.05, 3.63) is 124 Å². The molecule has 0 saturated heterocycles. The van der Waals surface area contributed by atoms with Gasteiger partial charge in [0.05, 0.1) is 0 Å². The Hall–Kier alpha value is -3.14. The maximum atomic E-state index is 13.4. The second-order valence-corrected chi connectivity index (χ2v) is 8.05. The van der Waals surface area contributed by atoms with Crippen LogP contribution in [0.2, 0.25) is 10.0 Å². The fourth-order valence-electron chi connectivity index (χ4n) is 3.39. The molecule has 1 amide bonds. The SMILES string of the molecule is O=C(c1ccc(-c2ccccc2)cc1)N(Cc1cccnc1)Cc1ccc(Cl)cc1Cl. The minimum Gasteiger partial charge on any atom is -0.330 e. The second kappa shape index (κ2) is 9.78. The standard InChI is InChI=1S/C26H20Cl2N2O/c27-24-13-12-23(25(28)15-24)18-30(17-19-5-4-14-29-16-19)26(31)22-10-8-21(9-11-22)20-6-2-1-3-7-20/h1-16H,17-18H2. The number of aromatic nitrogens is 1. The van der Waals surface area contributed by atoms with Crippen LogP contribution in [0.15, 0.2) is 97.3 Å². The summed E-state index contributed by atoms with van der Waals surface area (Å²) in [4.78, 5) is 19.4. The summed E-state index contributed by atoms with van der Waals surface area (Å²) in [6.45, 7) is 0.788. The maximum Gasteiger partial charge on any atom is 0.254 e. The average Bonchev–Trinajstić information content (AvgIpc) is 2.81. The summed E-state index contributed by atoms with van der Waals surface area (Å²) >= 11 is 12.4. The molecule has 4 aromatic rings. The number of hydrogen-bond donors (Lipinski definition) is 0. The Morgan fingerprint density at radius 3 is 2.23 bits per heavy atom. The Balaban J connectivity index is 1.61. The molecule has 0 N–H and O–H groups in total. The molecule has 154 valence electrons. The van der Waals surface area contributed by atoms with Crippen molar-refractivity contribution in [3.8, 4) is 11.1 Å². The van der Waals surface area contributed by atoms with Crippen molar-refractivity contribution in [2.24, 2.45) is 0 Å². The molecule has 5 heteroatoms. The van der Waals surface area contributed by atoms with Crippen molar-refractivity contribution in [3.63, 3.8) is 0 Å². The summed E-state index contributed by atoms with van der Waals surface area (Å²) in [5.41, 5.74) is 4.58. The number of rotatable bonds is 6. The molecule has 0 aliphatic rings. The number of nitrogens with zero attached hydrogens (tertiary/aromatic N) is 2. The number of carbonyl (C=O) groups is 1. The van der Waals surface area contributed by atoms with Crippen LogP contribution in [0.3, 0.4) is 0 Å². The molecule has 0 fully saturated rings. The first-order valence-electron chi connectivity index (χ1n) is 9.88. The van der Waals surface area contributed by atoms with Crippen LogP contribution in [0.1, 0.15) is 21.5 Å². The van der Waals surface area contributed by atoms with E-state index in [0.717, 1.165) is 22.3 Å². The highest BCUT2D eigenvalue weighted by atomic mass is 35.5. The van der Waals surface area contributed by atoms with Gasteiger partial charge in [0, 0.05) is 41.1 Å². The minimum atomic E-state index is -0.0746. The van der Waals surface area contributed by atoms with E-state index < -0.39 is 0 Å². The van der Waals surface area contributed by atoms with Gasteiger partial charge in [-0.05, 0) is 52.6 Å².